The van der Waals surface area contributed by atoms with Gasteiger partial charge in [-0.1, -0.05) is 24.3 Å². The molecule has 0 aliphatic carbocycles. The quantitative estimate of drug-likeness (QED) is 0.678. The van der Waals surface area contributed by atoms with Crippen molar-refractivity contribution >= 4 is 21.4 Å². The molecule has 1 N–H and O–H groups in total. The number of halogens is 1. The largest absolute Gasteiger partial charge is 0.489 e. The molecule has 3 rings (SSSR count). The summed E-state index contributed by atoms with van der Waals surface area (Å²) in [5, 5.41) is 2.72. The van der Waals surface area contributed by atoms with Crippen molar-refractivity contribution < 1.29 is 22.3 Å². The molecule has 0 saturated heterocycles. The Bertz CT molecular complexity index is 1100. The zero-order valence-corrected chi connectivity index (χ0v) is 15.9. The van der Waals surface area contributed by atoms with E-state index in [1.807, 2.05) is 0 Å². The molecular formula is C21H18FNO4S. The van der Waals surface area contributed by atoms with Crippen LogP contribution in [-0.4, -0.2) is 20.6 Å². The number of benzene rings is 3. The topological polar surface area (TPSA) is 72.5 Å². The lowest BCUT2D eigenvalue weighted by Crippen LogP contribution is -2.12. The van der Waals surface area contributed by atoms with Crippen LogP contribution >= 0.6 is 0 Å². The monoisotopic (exact) mass is 399 g/mol. The van der Waals surface area contributed by atoms with E-state index in [2.05, 4.69) is 5.32 Å². The van der Waals surface area contributed by atoms with Crippen molar-refractivity contribution in [2.75, 3.05) is 11.6 Å². The van der Waals surface area contributed by atoms with Crippen LogP contribution < -0.4 is 10.1 Å². The fraction of sp³-hybridized carbons (Fsp3) is 0.0952. The summed E-state index contributed by atoms with van der Waals surface area (Å²) in [7, 11) is -3.40. The first-order chi connectivity index (χ1) is 13.3. The summed E-state index contributed by atoms with van der Waals surface area (Å²) in [4.78, 5) is 12.5. The Morgan fingerprint density at radius 3 is 2.43 bits per heavy atom. The maximum Gasteiger partial charge on any atom is 0.255 e. The minimum absolute atomic E-state index is 0.0801. The Kier molecular flexibility index (Phi) is 5.75. The summed E-state index contributed by atoms with van der Waals surface area (Å²) >= 11 is 0. The number of sulfone groups is 1. The van der Waals surface area contributed by atoms with Crippen molar-refractivity contribution in [3.05, 3.63) is 89.7 Å². The molecule has 0 bridgehead atoms. The minimum Gasteiger partial charge on any atom is -0.489 e. The first-order valence-corrected chi connectivity index (χ1v) is 10.3. The average molecular weight is 399 g/mol. The van der Waals surface area contributed by atoms with Crippen LogP contribution in [-0.2, 0) is 16.4 Å². The van der Waals surface area contributed by atoms with E-state index in [9.17, 15) is 17.6 Å². The third-order valence-corrected chi connectivity index (χ3v) is 5.05. The standard InChI is InChI=1S/C21H18FNO4S/c1-28(25,26)20-7-2-4-16(12-20)21(24)23-18-5-3-6-19(13-18)27-14-15-8-10-17(22)11-9-15/h2-13H,14H2,1H3,(H,23,24). The third-order valence-electron chi connectivity index (χ3n) is 3.94. The van der Waals surface area contributed by atoms with Crippen molar-refractivity contribution in [2.45, 2.75) is 11.5 Å². The van der Waals surface area contributed by atoms with Crippen molar-refractivity contribution in [2.24, 2.45) is 0 Å². The third kappa shape index (κ3) is 5.17. The predicted molar refractivity (Wildman–Crippen MR) is 105 cm³/mol. The van der Waals surface area contributed by atoms with E-state index in [0.29, 0.717) is 11.4 Å². The maximum absolute atomic E-state index is 12.9. The van der Waals surface area contributed by atoms with Gasteiger partial charge in [0.25, 0.3) is 5.91 Å². The van der Waals surface area contributed by atoms with E-state index < -0.39 is 15.7 Å². The molecule has 0 heterocycles. The highest BCUT2D eigenvalue weighted by Crippen LogP contribution is 2.20. The summed E-state index contributed by atoms with van der Waals surface area (Å²) in [5.74, 6) is -0.207. The Morgan fingerprint density at radius 2 is 1.71 bits per heavy atom. The Hall–Kier alpha value is -3.19. The first-order valence-electron chi connectivity index (χ1n) is 8.40. The van der Waals surface area contributed by atoms with Gasteiger partial charge in [0.2, 0.25) is 0 Å². The van der Waals surface area contributed by atoms with Crippen molar-refractivity contribution in [1.29, 1.82) is 0 Å². The van der Waals surface area contributed by atoms with E-state index in [4.69, 9.17) is 4.74 Å². The number of nitrogens with one attached hydrogen (secondary N) is 1. The molecule has 0 atom stereocenters. The fourth-order valence-corrected chi connectivity index (χ4v) is 3.15. The molecule has 1 amide bonds. The molecule has 0 spiro atoms. The van der Waals surface area contributed by atoms with Gasteiger partial charge in [-0.3, -0.25) is 4.79 Å². The molecular weight excluding hydrogens is 381 g/mol. The van der Waals surface area contributed by atoms with E-state index in [1.165, 1.54) is 30.3 Å². The summed E-state index contributed by atoms with van der Waals surface area (Å²) < 4.78 is 41.9. The fourth-order valence-electron chi connectivity index (χ4n) is 2.48. The number of ether oxygens (including phenoxy) is 1. The molecule has 0 aliphatic heterocycles. The molecule has 144 valence electrons. The number of carbonyl (C=O) groups is 1. The molecule has 0 saturated carbocycles. The highest BCUT2D eigenvalue weighted by molar-refractivity contribution is 7.90. The number of rotatable bonds is 6. The summed E-state index contributed by atoms with van der Waals surface area (Å²) in [6, 6.07) is 18.6. The van der Waals surface area contributed by atoms with Gasteiger partial charge in [0, 0.05) is 23.6 Å². The van der Waals surface area contributed by atoms with Gasteiger partial charge in [0.15, 0.2) is 9.84 Å². The maximum atomic E-state index is 12.9. The van der Waals surface area contributed by atoms with Crippen LogP contribution in [0, 0.1) is 5.82 Å². The molecule has 0 radical (unpaired) electrons. The zero-order chi connectivity index (χ0) is 20.1. The van der Waals surface area contributed by atoms with Crippen LogP contribution in [0.5, 0.6) is 5.75 Å². The van der Waals surface area contributed by atoms with Crippen LogP contribution in [0.3, 0.4) is 0 Å². The second-order valence-electron chi connectivity index (χ2n) is 6.20. The molecule has 0 aliphatic rings. The van der Waals surface area contributed by atoms with Crippen LogP contribution in [0.2, 0.25) is 0 Å². The normalized spacial score (nSPS) is 11.1. The SMILES string of the molecule is CS(=O)(=O)c1cccc(C(=O)Nc2cccc(OCc3ccc(F)cc3)c2)c1. The van der Waals surface area contributed by atoms with Gasteiger partial charge in [-0.25, -0.2) is 12.8 Å². The molecule has 7 heteroatoms. The number of carbonyl (C=O) groups excluding carboxylic acids is 1. The number of hydrogen-bond acceptors (Lipinski definition) is 4. The average Bonchev–Trinajstić information content (AvgIpc) is 2.67. The van der Waals surface area contributed by atoms with Crippen LogP contribution in [0.1, 0.15) is 15.9 Å². The molecule has 3 aromatic rings. The molecule has 0 unspecified atom stereocenters. The Labute approximate surface area is 162 Å². The van der Waals surface area contributed by atoms with E-state index >= 15 is 0 Å². The summed E-state index contributed by atoms with van der Waals surface area (Å²) in [6.07, 6.45) is 1.09. The molecule has 3 aromatic carbocycles. The predicted octanol–water partition coefficient (Wildman–Crippen LogP) is 4.06. The van der Waals surface area contributed by atoms with Gasteiger partial charge in [-0.05, 0) is 48.0 Å². The van der Waals surface area contributed by atoms with Gasteiger partial charge in [0.1, 0.15) is 18.2 Å². The molecule has 28 heavy (non-hydrogen) atoms. The van der Waals surface area contributed by atoms with E-state index in [0.717, 1.165) is 11.8 Å². The van der Waals surface area contributed by atoms with Crippen LogP contribution in [0.25, 0.3) is 0 Å². The lowest BCUT2D eigenvalue weighted by atomic mass is 10.2. The van der Waals surface area contributed by atoms with Gasteiger partial charge in [-0.2, -0.15) is 0 Å². The van der Waals surface area contributed by atoms with E-state index in [1.54, 1.807) is 42.5 Å². The van der Waals surface area contributed by atoms with Crippen LogP contribution in [0.4, 0.5) is 10.1 Å². The summed E-state index contributed by atoms with van der Waals surface area (Å²) in [6.45, 7) is 0.258. The number of amides is 1. The van der Waals surface area contributed by atoms with Crippen molar-refractivity contribution in [3.8, 4) is 5.75 Å². The van der Waals surface area contributed by atoms with Gasteiger partial charge < -0.3 is 10.1 Å². The molecule has 5 nitrogen and oxygen atoms in total. The lowest BCUT2D eigenvalue weighted by Gasteiger charge is -2.10. The zero-order valence-electron chi connectivity index (χ0n) is 15.1. The lowest BCUT2D eigenvalue weighted by molar-refractivity contribution is 0.102. The second-order valence-corrected chi connectivity index (χ2v) is 8.21. The summed E-state index contributed by atoms with van der Waals surface area (Å²) in [5.41, 5.74) is 1.56. The van der Waals surface area contributed by atoms with Crippen molar-refractivity contribution in [3.63, 3.8) is 0 Å². The molecule has 0 fully saturated rings. The second kappa shape index (κ2) is 8.22. The van der Waals surface area contributed by atoms with Gasteiger partial charge in [-0.15, -0.1) is 0 Å². The molecule has 0 aromatic heterocycles. The van der Waals surface area contributed by atoms with E-state index in [-0.39, 0.29) is 22.9 Å². The van der Waals surface area contributed by atoms with Gasteiger partial charge in [0.05, 0.1) is 4.90 Å². The Morgan fingerprint density at radius 1 is 1.00 bits per heavy atom. The number of anilines is 1. The highest BCUT2D eigenvalue weighted by atomic mass is 32.2. The smallest absolute Gasteiger partial charge is 0.255 e. The van der Waals surface area contributed by atoms with Crippen LogP contribution in [0.15, 0.2) is 77.7 Å². The van der Waals surface area contributed by atoms with Crippen molar-refractivity contribution in [1.82, 2.24) is 0 Å². The minimum atomic E-state index is -3.40. The highest BCUT2D eigenvalue weighted by Gasteiger charge is 2.12. The first kappa shape index (κ1) is 19.6. The number of hydrogen-bond donors (Lipinski definition) is 1. The van der Waals surface area contributed by atoms with Gasteiger partial charge >= 0.3 is 0 Å². The Balaban J connectivity index is 1.68.